The van der Waals surface area contributed by atoms with Gasteiger partial charge in [-0.1, -0.05) is 18.7 Å². The number of thioether (sulfide) groups is 1. The number of rotatable bonds is 8. The first-order chi connectivity index (χ1) is 8.30. The normalized spacial score (nSPS) is 10.3. The van der Waals surface area contributed by atoms with Crippen molar-refractivity contribution in [3.05, 3.63) is 6.07 Å². The largest absolute Gasteiger partial charge is 0.475 e. The van der Waals surface area contributed by atoms with Gasteiger partial charge in [-0.25, -0.2) is 10.8 Å². The Kier molecular flexibility index (Phi) is 6.68. The summed E-state index contributed by atoms with van der Waals surface area (Å²) >= 11 is 1.43. The molecule has 0 atom stereocenters. The van der Waals surface area contributed by atoms with Crippen molar-refractivity contribution in [3.8, 4) is 5.88 Å². The van der Waals surface area contributed by atoms with Crippen molar-refractivity contribution in [3.63, 3.8) is 0 Å². The molecule has 0 fully saturated rings. The first-order valence-corrected chi connectivity index (χ1v) is 6.62. The number of aromatic nitrogens is 2. The molecule has 6 nitrogen and oxygen atoms in total. The number of hydrazine groups is 1. The van der Waals surface area contributed by atoms with Crippen LogP contribution in [0.5, 0.6) is 5.88 Å². The van der Waals surface area contributed by atoms with E-state index in [2.05, 4.69) is 22.3 Å². The smallest absolute Gasteiger partial charge is 0.219 e. The van der Waals surface area contributed by atoms with Gasteiger partial charge < -0.3 is 14.9 Å². The minimum atomic E-state index is 0.467. The molecule has 0 unspecified atom stereocenters. The quantitative estimate of drug-likeness (QED) is 0.239. The molecule has 1 aromatic heterocycles. The predicted octanol–water partition coefficient (Wildman–Crippen LogP) is 1.29. The fourth-order valence-corrected chi connectivity index (χ4v) is 1.47. The molecule has 1 rings (SSSR count). The molecule has 0 aromatic carbocycles. The lowest BCUT2D eigenvalue weighted by Gasteiger charge is -2.08. The number of nitrogens with two attached hydrogens (primary N) is 1. The summed E-state index contributed by atoms with van der Waals surface area (Å²) in [4.78, 5) is 8.33. The van der Waals surface area contributed by atoms with Gasteiger partial charge in [-0.15, -0.1) is 0 Å². The predicted molar refractivity (Wildman–Crippen MR) is 68.2 cm³/mol. The highest BCUT2D eigenvalue weighted by molar-refractivity contribution is 7.98. The molecule has 0 amide bonds. The zero-order chi connectivity index (χ0) is 12.5. The minimum Gasteiger partial charge on any atom is -0.475 e. The molecule has 0 aliphatic rings. The van der Waals surface area contributed by atoms with Crippen molar-refractivity contribution in [2.75, 3.05) is 31.5 Å². The zero-order valence-electron chi connectivity index (χ0n) is 10.1. The Hall–Kier alpha value is -1.05. The summed E-state index contributed by atoms with van der Waals surface area (Å²) in [5.74, 6) is 6.34. The van der Waals surface area contributed by atoms with Crippen LogP contribution in [0.2, 0.25) is 0 Å². The van der Waals surface area contributed by atoms with Crippen LogP contribution in [0.25, 0.3) is 0 Å². The third kappa shape index (κ3) is 5.20. The van der Waals surface area contributed by atoms with E-state index in [1.807, 2.05) is 6.26 Å². The van der Waals surface area contributed by atoms with E-state index < -0.39 is 0 Å². The minimum absolute atomic E-state index is 0.467. The van der Waals surface area contributed by atoms with E-state index >= 15 is 0 Å². The molecule has 0 saturated heterocycles. The molecular weight excluding hydrogens is 240 g/mol. The van der Waals surface area contributed by atoms with Gasteiger partial charge >= 0.3 is 0 Å². The van der Waals surface area contributed by atoms with Crippen molar-refractivity contribution in [1.29, 1.82) is 0 Å². The van der Waals surface area contributed by atoms with Crippen molar-refractivity contribution in [2.45, 2.75) is 18.5 Å². The number of nitrogen functional groups attached to an aromatic ring is 1. The molecule has 0 spiro atoms. The molecule has 17 heavy (non-hydrogen) atoms. The summed E-state index contributed by atoms with van der Waals surface area (Å²) in [6.07, 6.45) is 2.90. The van der Waals surface area contributed by atoms with Gasteiger partial charge in [-0.05, 0) is 12.7 Å². The lowest BCUT2D eigenvalue weighted by molar-refractivity contribution is 0.0987. The Balaban J connectivity index is 2.46. The maximum absolute atomic E-state index is 5.45. The van der Waals surface area contributed by atoms with Crippen LogP contribution in [0.3, 0.4) is 0 Å². The second-order valence-electron chi connectivity index (χ2n) is 3.18. The van der Waals surface area contributed by atoms with Crippen LogP contribution < -0.4 is 16.0 Å². The van der Waals surface area contributed by atoms with E-state index in [-0.39, 0.29) is 0 Å². The number of anilines is 1. The first kappa shape index (κ1) is 14.0. The monoisotopic (exact) mass is 258 g/mol. The SMILES string of the molecule is CCCOCCOc1cc(NN)nc(SC)n1. The average Bonchev–Trinajstić information content (AvgIpc) is 2.38. The Labute approximate surface area is 105 Å². The Morgan fingerprint density at radius 3 is 2.82 bits per heavy atom. The molecule has 1 heterocycles. The summed E-state index contributed by atoms with van der Waals surface area (Å²) in [5.41, 5.74) is 2.48. The summed E-state index contributed by atoms with van der Waals surface area (Å²) in [6, 6.07) is 1.65. The van der Waals surface area contributed by atoms with E-state index in [4.69, 9.17) is 15.3 Å². The van der Waals surface area contributed by atoms with Gasteiger partial charge in [-0.2, -0.15) is 4.98 Å². The molecule has 0 saturated carbocycles. The molecule has 96 valence electrons. The molecule has 3 N–H and O–H groups in total. The molecule has 7 heteroatoms. The standard InChI is InChI=1S/C10H18N4O2S/c1-3-4-15-5-6-16-9-7-8(14-11)12-10(13-9)17-2/h7H,3-6,11H2,1-2H3,(H,12,13,14). The summed E-state index contributed by atoms with van der Waals surface area (Å²) in [5, 5.41) is 0.616. The van der Waals surface area contributed by atoms with E-state index in [0.717, 1.165) is 13.0 Å². The third-order valence-corrected chi connectivity index (χ3v) is 2.39. The van der Waals surface area contributed by atoms with Crippen LogP contribution in [0.4, 0.5) is 5.82 Å². The maximum atomic E-state index is 5.45. The van der Waals surface area contributed by atoms with Gasteiger partial charge in [0.1, 0.15) is 12.4 Å². The van der Waals surface area contributed by atoms with E-state index in [1.165, 1.54) is 11.8 Å². The van der Waals surface area contributed by atoms with Crippen molar-refractivity contribution in [2.24, 2.45) is 5.84 Å². The summed E-state index contributed by atoms with van der Waals surface area (Å²) in [7, 11) is 0. The van der Waals surface area contributed by atoms with Crippen LogP contribution in [0.1, 0.15) is 13.3 Å². The Morgan fingerprint density at radius 2 is 2.18 bits per heavy atom. The number of ether oxygens (including phenoxy) is 2. The fourth-order valence-electron chi connectivity index (χ4n) is 1.09. The van der Waals surface area contributed by atoms with Gasteiger partial charge in [0.05, 0.1) is 6.61 Å². The van der Waals surface area contributed by atoms with Crippen LogP contribution in [-0.2, 0) is 4.74 Å². The van der Waals surface area contributed by atoms with Gasteiger partial charge in [0.15, 0.2) is 5.16 Å². The number of hydrogen-bond donors (Lipinski definition) is 2. The Morgan fingerprint density at radius 1 is 1.35 bits per heavy atom. The van der Waals surface area contributed by atoms with Crippen molar-refractivity contribution >= 4 is 17.6 Å². The number of nitrogens with one attached hydrogen (secondary N) is 1. The van der Waals surface area contributed by atoms with Gasteiger partial charge in [-0.3, -0.25) is 0 Å². The molecule has 0 aliphatic heterocycles. The molecule has 0 aliphatic carbocycles. The van der Waals surface area contributed by atoms with Crippen molar-refractivity contribution in [1.82, 2.24) is 9.97 Å². The average molecular weight is 258 g/mol. The van der Waals surface area contributed by atoms with Gasteiger partial charge in [0.25, 0.3) is 0 Å². The van der Waals surface area contributed by atoms with Gasteiger partial charge in [0, 0.05) is 12.7 Å². The summed E-state index contributed by atoms with van der Waals surface area (Å²) < 4.78 is 10.8. The summed E-state index contributed by atoms with van der Waals surface area (Å²) in [6.45, 7) is 3.83. The Bertz CT molecular complexity index is 316. The first-order valence-electron chi connectivity index (χ1n) is 5.40. The van der Waals surface area contributed by atoms with Crippen molar-refractivity contribution < 1.29 is 9.47 Å². The molecule has 0 radical (unpaired) electrons. The second-order valence-corrected chi connectivity index (χ2v) is 3.96. The van der Waals surface area contributed by atoms with Crippen LogP contribution >= 0.6 is 11.8 Å². The second kappa shape index (κ2) is 8.10. The molecule has 1 aromatic rings. The van der Waals surface area contributed by atoms with Crippen LogP contribution in [0, 0.1) is 0 Å². The lowest BCUT2D eigenvalue weighted by Crippen LogP contribution is -2.12. The van der Waals surface area contributed by atoms with Gasteiger partial charge in [0.2, 0.25) is 5.88 Å². The van der Waals surface area contributed by atoms with E-state index in [1.54, 1.807) is 6.07 Å². The third-order valence-electron chi connectivity index (χ3n) is 1.84. The highest BCUT2D eigenvalue weighted by Gasteiger charge is 2.03. The number of hydrogen-bond acceptors (Lipinski definition) is 7. The maximum Gasteiger partial charge on any atom is 0.219 e. The van der Waals surface area contributed by atoms with Crippen LogP contribution in [0.15, 0.2) is 11.2 Å². The fraction of sp³-hybridized carbons (Fsp3) is 0.600. The molecule has 0 bridgehead atoms. The highest BCUT2D eigenvalue weighted by atomic mass is 32.2. The lowest BCUT2D eigenvalue weighted by atomic mass is 10.5. The number of nitrogens with zero attached hydrogens (tertiary/aromatic N) is 2. The topological polar surface area (TPSA) is 82.3 Å². The van der Waals surface area contributed by atoms with Crippen LogP contribution in [-0.4, -0.2) is 36.0 Å². The van der Waals surface area contributed by atoms with E-state index in [9.17, 15) is 0 Å². The highest BCUT2D eigenvalue weighted by Crippen LogP contribution is 2.17. The molecular formula is C10H18N4O2S. The van der Waals surface area contributed by atoms with E-state index in [0.29, 0.717) is 30.1 Å². The zero-order valence-corrected chi connectivity index (χ0v) is 10.9.